The number of likely N-dealkylation sites (tertiary alicyclic amines) is 1. The van der Waals surface area contributed by atoms with Crippen LogP contribution < -0.4 is 15.2 Å². The average molecular weight is 278 g/mol. The third-order valence-electron chi connectivity index (χ3n) is 4.01. The van der Waals surface area contributed by atoms with Crippen LogP contribution in [0.1, 0.15) is 24.2 Å². The minimum absolute atomic E-state index is 0.0380. The van der Waals surface area contributed by atoms with Gasteiger partial charge in [0.05, 0.1) is 19.8 Å². The van der Waals surface area contributed by atoms with Crippen molar-refractivity contribution in [3.8, 4) is 11.5 Å². The van der Waals surface area contributed by atoms with Gasteiger partial charge in [-0.05, 0) is 18.1 Å². The first-order valence-corrected chi connectivity index (χ1v) is 6.71. The molecule has 0 aliphatic carbocycles. The lowest BCUT2D eigenvalue weighted by Gasteiger charge is -2.50. The van der Waals surface area contributed by atoms with Gasteiger partial charge in [0.2, 0.25) is 0 Å². The number of hydrogen-bond donors (Lipinski definition) is 1. The van der Waals surface area contributed by atoms with E-state index in [0.717, 1.165) is 0 Å². The SMILES string of the molecule is COc1cc(OC)cc(C(=O)N2CC(N)(C(C)C)C2)c1. The summed E-state index contributed by atoms with van der Waals surface area (Å²) in [6, 6.07) is 5.18. The Bertz CT molecular complexity index is 486. The van der Waals surface area contributed by atoms with E-state index in [2.05, 4.69) is 13.8 Å². The zero-order chi connectivity index (χ0) is 14.9. The molecule has 0 aromatic heterocycles. The molecular weight excluding hydrogens is 256 g/mol. The number of hydrogen-bond acceptors (Lipinski definition) is 4. The van der Waals surface area contributed by atoms with E-state index in [1.807, 2.05) is 0 Å². The average Bonchev–Trinajstić information content (AvgIpc) is 2.42. The molecule has 1 fully saturated rings. The Balaban J connectivity index is 2.15. The van der Waals surface area contributed by atoms with E-state index in [4.69, 9.17) is 15.2 Å². The van der Waals surface area contributed by atoms with Gasteiger partial charge in [0, 0.05) is 24.7 Å². The van der Waals surface area contributed by atoms with Gasteiger partial charge >= 0.3 is 0 Å². The summed E-state index contributed by atoms with van der Waals surface area (Å²) in [5.41, 5.74) is 6.52. The van der Waals surface area contributed by atoms with Gasteiger partial charge in [0.25, 0.3) is 5.91 Å². The molecule has 110 valence electrons. The van der Waals surface area contributed by atoms with Crippen molar-refractivity contribution in [3.05, 3.63) is 23.8 Å². The first-order valence-electron chi connectivity index (χ1n) is 6.71. The molecule has 5 nitrogen and oxygen atoms in total. The predicted molar refractivity (Wildman–Crippen MR) is 77.2 cm³/mol. The Morgan fingerprint density at radius 1 is 1.20 bits per heavy atom. The maximum atomic E-state index is 12.4. The highest BCUT2D eigenvalue weighted by molar-refractivity contribution is 5.95. The van der Waals surface area contributed by atoms with Gasteiger partial charge in [0.1, 0.15) is 11.5 Å². The van der Waals surface area contributed by atoms with E-state index in [0.29, 0.717) is 36.1 Å². The zero-order valence-corrected chi connectivity index (χ0v) is 12.5. The van der Waals surface area contributed by atoms with Crippen molar-refractivity contribution in [2.45, 2.75) is 19.4 Å². The molecule has 1 aliphatic rings. The van der Waals surface area contributed by atoms with E-state index in [-0.39, 0.29) is 11.4 Å². The fraction of sp³-hybridized carbons (Fsp3) is 0.533. The standard InChI is InChI=1S/C15H22N2O3/c1-10(2)15(16)8-17(9-15)14(18)11-5-12(19-3)7-13(6-11)20-4/h5-7,10H,8-9,16H2,1-4H3. The van der Waals surface area contributed by atoms with Crippen LogP contribution in [-0.2, 0) is 0 Å². The molecule has 0 radical (unpaired) electrons. The molecule has 0 atom stereocenters. The van der Waals surface area contributed by atoms with E-state index < -0.39 is 0 Å². The van der Waals surface area contributed by atoms with Crippen molar-refractivity contribution in [2.75, 3.05) is 27.3 Å². The highest BCUT2D eigenvalue weighted by atomic mass is 16.5. The normalized spacial score (nSPS) is 16.8. The Morgan fingerprint density at radius 2 is 1.70 bits per heavy atom. The highest BCUT2D eigenvalue weighted by Crippen LogP contribution is 2.29. The van der Waals surface area contributed by atoms with Crippen LogP contribution in [0.2, 0.25) is 0 Å². The van der Waals surface area contributed by atoms with E-state index in [9.17, 15) is 4.79 Å². The lowest BCUT2D eigenvalue weighted by atomic mass is 9.80. The van der Waals surface area contributed by atoms with Crippen LogP contribution in [-0.4, -0.2) is 43.7 Å². The second-order valence-electron chi connectivity index (χ2n) is 5.65. The topological polar surface area (TPSA) is 64.8 Å². The van der Waals surface area contributed by atoms with Crippen LogP contribution in [0.4, 0.5) is 0 Å². The number of amides is 1. The van der Waals surface area contributed by atoms with Crippen molar-refractivity contribution >= 4 is 5.91 Å². The van der Waals surface area contributed by atoms with Crippen LogP contribution >= 0.6 is 0 Å². The maximum Gasteiger partial charge on any atom is 0.254 e. The van der Waals surface area contributed by atoms with Crippen LogP contribution in [0.3, 0.4) is 0 Å². The minimum atomic E-state index is -0.265. The van der Waals surface area contributed by atoms with Crippen molar-refractivity contribution in [1.29, 1.82) is 0 Å². The number of methoxy groups -OCH3 is 2. The molecular formula is C15H22N2O3. The molecule has 5 heteroatoms. The molecule has 1 amide bonds. The van der Waals surface area contributed by atoms with Crippen LogP contribution in [0.15, 0.2) is 18.2 Å². The van der Waals surface area contributed by atoms with Crippen LogP contribution in [0, 0.1) is 5.92 Å². The van der Waals surface area contributed by atoms with Crippen LogP contribution in [0.5, 0.6) is 11.5 Å². The van der Waals surface area contributed by atoms with Gasteiger partial charge in [-0.25, -0.2) is 0 Å². The van der Waals surface area contributed by atoms with E-state index in [1.165, 1.54) is 0 Å². The maximum absolute atomic E-state index is 12.4. The first-order chi connectivity index (χ1) is 9.39. The van der Waals surface area contributed by atoms with Gasteiger partial charge in [-0.2, -0.15) is 0 Å². The number of ether oxygens (including phenoxy) is 2. The number of carbonyl (C=O) groups is 1. The highest BCUT2D eigenvalue weighted by Gasteiger charge is 2.44. The van der Waals surface area contributed by atoms with E-state index >= 15 is 0 Å². The van der Waals surface area contributed by atoms with Gasteiger partial charge in [-0.15, -0.1) is 0 Å². The summed E-state index contributed by atoms with van der Waals surface area (Å²) in [6.45, 7) is 5.33. The van der Waals surface area contributed by atoms with Gasteiger partial charge in [-0.3, -0.25) is 4.79 Å². The van der Waals surface area contributed by atoms with Crippen LogP contribution in [0.25, 0.3) is 0 Å². The van der Waals surface area contributed by atoms with E-state index in [1.54, 1.807) is 37.3 Å². The van der Waals surface area contributed by atoms with Crippen molar-refractivity contribution in [2.24, 2.45) is 11.7 Å². The molecule has 0 bridgehead atoms. The quantitative estimate of drug-likeness (QED) is 0.906. The number of carbonyl (C=O) groups excluding carboxylic acids is 1. The Labute approximate surface area is 119 Å². The third kappa shape index (κ3) is 2.58. The number of nitrogens with zero attached hydrogens (tertiary/aromatic N) is 1. The summed E-state index contributed by atoms with van der Waals surface area (Å²) in [5, 5.41) is 0. The second-order valence-corrected chi connectivity index (χ2v) is 5.65. The molecule has 1 aromatic rings. The molecule has 1 heterocycles. The smallest absolute Gasteiger partial charge is 0.254 e. The van der Waals surface area contributed by atoms with Crippen molar-refractivity contribution < 1.29 is 14.3 Å². The summed E-state index contributed by atoms with van der Waals surface area (Å²) in [7, 11) is 3.13. The molecule has 2 rings (SSSR count). The largest absolute Gasteiger partial charge is 0.497 e. The summed E-state index contributed by atoms with van der Waals surface area (Å²) in [5.74, 6) is 1.53. The molecule has 0 spiro atoms. The Kier molecular flexibility index (Phi) is 3.90. The number of benzene rings is 1. The number of rotatable bonds is 4. The van der Waals surface area contributed by atoms with Crippen molar-refractivity contribution in [3.63, 3.8) is 0 Å². The van der Waals surface area contributed by atoms with Crippen molar-refractivity contribution in [1.82, 2.24) is 4.90 Å². The fourth-order valence-corrected chi connectivity index (χ4v) is 2.29. The summed E-state index contributed by atoms with van der Waals surface area (Å²) >= 11 is 0. The fourth-order valence-electron chi connectivity index (χ4n) is 2.29. The summed E-state index contributed by atoms with van der Waals surface area (Å²) in [4.78, 5) is 14.2. The predicted octanol–water partition coefficient (Wildman–Crippen LogP) is 1.51. The number of nitrogens with two attached hydrogens (primary N) is 1. The summed E-state index contributed by atoms with van der Waals surface area (Å²) < 4.78 is 10.4. The minimum Gasteiger partial charge on any atom is -0.497 e. The molecule has 1 aliphatic heterocycles. The Morgan fingerprint density at radius 3 is 2.10 bits per heavy atom. The molecule has 20 heavy (non-hydrogen) atoms. The third-order valence-corrected chi connectivity index (χ3v) is 4.01. The summed E-state index contributed by atoms with van der Waals surface area (Å²) in [6.07, 6.45) is 0. The van der Waals surface area contributed by atoms with Gasteiger partial charge in [0.15, 0.2) is 0 Å². The Hall–Kier alpha value is -1.75. The van der Waals surface area contributed by atoms with Gasteiger partial charge < -0.3 is 20.1 Å². The zero-order valence-electron chi connectivity index (χ0n) is 12.5. The lowest BCUT2D eigenvalue weighted by molar-refractivity contribution is 0.0274. The monoisotopic (exact) mass is 278 g/mol. The molecule has 1 aromatic carbocycles. The molecule has 2 N–H and O–H groups in total. The molecule has 0 unspecified atom stereocenters. The molecule has 1 saturated heterocycles. The molecule has 0 saturated carbocycles. The lowest BCUT2D eigenvalue weighted by Crippen LogP contribution is -2.71. The second kappa shape index (κ2) is 5.32. The van der Waals surface area contributed by atoms with Gasteiger partial charge in [-0.1, -0.05) is 13.8 Å². The first kappa shape index (κ1) is 14.7.